The van der Waals surface area contributed by atoms with Crippen LogP contribution in [0.25, 0.3) is 0 Å². The van der Waals surface area contributed by atoms with Gasteiger partial charge < -0.3 is 10.7 Å². The Morgan fingerprint density at radius 3 is 2.63 bits per heavy atom. The molecule has 0 aliphatic rings. The molecular formula is C11H13F2N5S. The second-order valence-corrected chi connectivity index (χ2v) is 4.80. The lowest BCUT2D eigenvalue weighted by atomic mass is 10.3. The van der Waals surface area contributed by atoms with Crippen molar-refractivity contribution in [1.29, 1.82) is 0 Å². The highest BCUT2D eigenvalue weighted by molar-refractivity contribution is 7.09. The van der Waals surface area contributed by atoms with Gasteiger partial charge in [0.1, 0.15) is 0 Å². The SMILES string of the molecule is Cc1csc(CCNc2nc(NN)c(F)cc2F)n1. The number of nitrogens with zero attached hydrogens (tertiary/aromatic N) is 2. The fraction of sp³-hybridized carbons (Fsp3) is 0.273. The third kappa shape index (κ3) is 3.36. The Morgan fingerprint density at radius 2 is 2.00 bits per heavy atom. The lowest BCUT2D eigenvalue weighted by Crippen LogP contribution is -2.14. The van der Waals surface area contributed by atoms with Crippen molar-refractivity contribution < 1.29 is 8.78 Å². The van der Waals surface area contributed by atoms with Crippen molar-refractivity contribution in [2.45, 2.75) is 13.3 Å². The van der Waals surface area contributed by atoms with Crippen LogP contribution in [0.1, 0.15) is 10.7 Å². The Hall–Kier alpha value is -1.80. The fourth-order valence-corrected chi connectivity index (χ4v) is 2.27. The zero-order chi connectivity index (χ0) is 13.8. The molecule has 0 atom stereocenters. The van der Waals surface area contributed by atoms with Gasteiger partial charge in [-0.1, -0.05) is 0 Å². The van der Waals surface area contributed by atoms with Gasteiger partial charge in [-0.05, 0) is 6.92 Å². The lowest BCUT2D eigenvalue weighted by Gasteiger charge is -2.08. The molecular weight excluding hydrogens is 272 g/mol. The summed E-state index contributed by atoms with van der Waals surface area (Å²) in [5, 5.41) is 5.69. The van der Waals surface area contributed by atoms with Crippen molar-refractivity contribution >= 4 is 23.0 Å². The lowest BCUT2D eigenvalue weighted by molar-refractivity contribution is 0.578. The van der Waals surface area contributed by atoms with Crippen molar-refractivity contribution in [3.8, 4) is 0 Å². The first kappa shape index (κ1) is 13.6. The number of nitrogens with two attached hydrogens (primary N) is 1. The molecule has 102 valence electrons. The van der Waals surface area contributed by atoms with E-state index in [4.69, 9.17) is 5.84 Å². The number of rotatable bonds is 5. The van der Waals surface area contributed by atoms with E-state index in [0.717, 1.165) is 16.8 Å². The van der Waals surface area contributed by atoms with Crippen LogP contribution in [0.5, 0.6) is 0 Å². The molecule has 2 aromatic heterocycles. The highest BCUT2D eigenvalue weighted by Gasteiger charge is 2.10. The largest absolute Gasteiger partial charge is 0.367 e. The summed E-state index contributed by atoms with van der Waals surface area (Å²) in [5.74, 6) is 3.25. The van der Waals surface area contributed by atoms with E-state index < -0.39 is 11.6 Å². The number of thiazole rings is 1. The Labute approximate surface area is 112 Å². The second kappa shape index (κ2) is 5.89. The van der Waals surface area contributed by atoms with E-state index in [1.54, 1.807) is 11.3 Å². The molecule has 0 amide bonds. The third-order valence-corrected chi connectivity index (χ3v) is 3.39. The third-order valence-electron chi connectivity index (χ3n) is 2.36. The number of hydrogen-bond donors (Lipinski definition) is 3. The van der Waals surface area contributed by atoms with E-state index >= 15 is 0 Å². The number of aryl methyl sites for hydroxylation is 1. The highest BCUT2D eigenvalue weighted by atomic mass is 32.1. The van der Waals surface area contributed by atoms with Gasteiger partial charge in [0.15, 0.2) is 23.3 Å². The molecule has 0 radical (unpaired) electrons. The number of nitrogens with one attached hydrogen (secondary N) is 2. The summed E-state index contributed by atoms with van der Waals surface area (Å²) >= 11 is 1.54. The summed E-state index contributed by atoms with van der Waals surface area (Å²) in [6, 6.07) is 0.734. The van der Waals surface area contributed by atoms with Crippen LogP contribution in [-0.2, 0) is 6.42 Å². The summed E-state index contributed by atoms with van der Waals surface area (Å²) in [5.41, 5.74) is 3.03. The average molecular weight is 285 g/mol. The standard InChI is InChI=1S/C11H13F2N5S/c1-6-5-19-9(16-6)2-3-15-10-7(12)4-8(13)11(17-10)18-14/h4-5H,2-3,14H2,1H3,(H2,15,17,18). The van der Waals surface area contributed by atoms with Crippen LogP contribution >= 0.6 is 11.3 Å². The van der Waals surface area contributed by atoms with Gasteiger partial charge in [-0.15, -0.1) is 11.3 Å². The van der Waals surface area contributed by atoms with Gasteiger partial charge >= 0.3 is 0 Å². The first-order valence-electron chi connectivity index (χ1n) is 5.57. The summed E-state index contributed by atoms with van der Waals surface area (Å²) < 4.78 is 26.6. The van der Waals surface area contributed by atoms with Crippen LogP contribution in [0.4, 0.5) is 20.4 Å². The number of nitrogen functional groups attached to an aromatic ring is 1. The smallest absolute Gasteiger partial charge is 0.178 e. The number of halogens is 2. The topological polar surface area (TPSA) is 75.9 Å². The van der Waals surface area contributed by atoms with Crippen molar-refractivity contribution in [3.63, 3.8) is 0 Å². The van der Waals surface area contributed by atoms with Gasteiger partial charge in [-0.3, -0.25) is 0 Å². The molecule has 2 aromatic rings. The molecule has 0 aliphatic heterocycles. The zero-order valence-electron chi connectivity index (χ0n) is 10.2. The van der Waals surface area contributed by atoms with Crippen LogP contribution < -0.4 is 16.6 Å². The molecule has 19 heavy (non-hydrogen) atoms. The maximum atomic E-state index is 13.5. The molecule has 2 heterocycles. The molecule has 0 spiro atoms. The van der Waals surface area contributed by atoms with Gasteiger partial charge in [-0.25, -0.2) is 24.6 Å². The normalized spacial score (nSPS) is 10.5. The van der Waals surface area contributed by atoms with Gasteiger partial charge in [0.05, 0.1) is 5.01 Å². The number of anilines is 2. The molecule has 0 saturated carbocycles. The van der Waals surface area contributed by atoms with E-state index in [1.165, 1.54) is 0 Å². The van der Waals surface area contributed by atoms with E-state index in [9.17, 15) is 8.78 Å². The average Bonchev–Trinajstić information content (AvgIpc) is 2.78. The van der Waals surface area contributed by atoms with Crippen molar-refractivity contribution in [2.75, 3.05) is 17.3 Å². The van der Waals surface area contributed by atoms with Crippen LogP contribution in [0.2, 0.25) is 0 Å². The van der Waals surface area contributed by atoms with Crippen LogP contribution in [-0.4, -0.2) is 16.5 Å². The van der Waals surface area contributed by atoms with Gasteiger partial charge in [-0.2, -0.15) is 0 Å². The quantitative estimate of drug-likeness (QED) is 0.579. The number of aromatic nitrogens is 2. The number of hydrogen-bond acceptors (Lipinski definition) is 6. The van der Waals surface area contributed by atoms with E-state index in [1.807, 2.05) is 12.3 Å². The Morgan fingerprint density at radius 1 is 1.26 bits per heavy atom. The Kier molecular flexibility index (Phi) is 4.23. The van der Waals surface area contributed by atoms with E-state index in [2.05, 4.69) is 20.7 Å². The molecule has 0 aliphatic carbocycles. The molecule has 8 heteroatoms. The van der Waals surface area contributed by atoms with Crippen molar-refractivity contribution in [3.05, 3.63) is 33.8 Å². The molecule has 2 rings (SSSR count). The van der Waals surface area contributed by atoms with E-state index in [0.29, 0.717) is 13.0 Å². The van der Waals surface area contributed by atoms with Crippen LogP contribution in [0.3, 0.4) is 0 Å². The van der Waals surface area contributed by atoms with Gasteiger partial charge in [0.25, 0.3) is 0 Å². The molecule has 5 nitrogen and oxygen atoms in total. The highest BCUT2D eigenvalue weighted by Crippen LogP contribution is 2.18. The van der Waals surface area contributed by atoms with Crippen LogP contribution in [0.15, 0.2) is 11.4 Å². The van der Waals surface area contributed by atoms with Gasteiger partial charge in [0, 0.05) is 30.1 Å². The molecule has 0 bridgehead atoms. The Bertz CT molecular complexity index is 572. The predicted octanol–water partition coefficient (Wildman–Crippen LogP) is 2.06. The summed E-state index contributed by atoms with van der Waals surface area (Å²) in [6.07, 6.45) is 0.641. The summed E-state index contributed by atoms with van der Waals surface area (Å²) in [6.45, 7) is 2.36. The monoisotopic (exact) mass is 285 g/mol. The molecule has 0 aromatic carbocycles. The first-order chi connectivity index (χ1) is 9.10. The zero-order valence-corrected chi connectivity index (χ0v) is 11.0. The van der Waals surface area contributed by atoms with Crippen molar-refractivity contribution in [1.82, 2.24) is 9.97 Å². The fourth-order valence-electron chi connectivity index (χ4n) is 1.50. The number of hydrazine groups is 1. The minimum Gasteiger partial charge on any atom is -0.367 e. The maximum absolute atomic E-state index is 13.5. The second-order valence-electron chi connectivity index (χ2n) is 3.85. The first-order valence-corrected chi connectivity index (χ1v) is 6.45. The minimum absolute atomic E-state index is 0.0392. The molecule has 0 unspecified atom stereocenters. The van der Waals surface area contributed by atoms with Gasteiger partial charge in [0.2, 0.25) is 0 Å². The summed E-state index contributed by atoms with van der Waals surface area (Å²) in [7, 11) is 0. The maximum Gasteiger partial charge on any atom is 0.178 e. The Balaban J connectivity index is 1.99. The molecule has 0 fully saturated rings. The number of pyridine rings is 1. The van der Waals surface area contributed by atoms with Crippen molar-refractivity contribution in [2.24, 2.45) is 5.84 Å². The van der Waals surface area contributed by atoms with Crippen LogP contribution in [0, 0.1) is 18.6 Å². The molecule has 0 saturated heterocycles. The molecule has 4 N–H and O–H groups in total. The predicted molar refractivity (Wildman–Crippen MR) is 71.0 cm³/mol. The van der Waals surface area contributed by atoms with E-state index in [-0.39, 0.29) is 11.6 Å². The summed E-state index contributed by atoms with van der Waals surface area (Å²) in [4.78, 5) is 8.00. The minimum atomic E-state index is -0.832.